The summed E-state index contributed by atoms with van der Waals surface area (Å²) in [5, 5.41) is 8.68. The number of carbonyl (C=O) groups is 2. The van der Waals surface area contributed by atoms with Crippen molar-refractivity contribution < 1.29 is 9.59 Å². The van der Waals surface area contributed by atoms with Gasteiger partial charge in [0.15, 0.2) is 0 Å². The molecule has 6 nitrogen and oxygen atoms in total. The van der Waals surface area contributed by atoms with Crippen molar-refractivity contribution in [1.29, 1.82) is 0 Å². The van der Waals surface area contributed by atoms with Crippen LogP contribution in [0.3, 0.4) is 0 Å². The minimum absolute atomic E-state index is 0.338. The van der Waals surface area contributed by atoms with E-state index in [1.54, 1.807) is 18.2 Å². The average molecular weight is 312 g/mol. The molecule has 0 saturated carbocycles. The second kappa shape index (κ2) is 6.56. The van der Waals surface area contributed by atoms with Crippen LogP contribution in [0.2, 0.25) is 0 Å². The fourth-order valence-electron chi connectivity index (χ4n) is 1.94. The zero-order chi connectivity index (χ0) is 17.0. The van der Waals surface area contributed by atoms with Crippen molar-refractivity contribution in [1.82, 2.24) is 20.6 Å². The van der Waals surface area contributed by atoms with E-state index in [-0.39, 0.29) is 11.8 Å². The van der Waals surface area contributed by atoms with E-state index in [2.05, 4.69) is 15.6 Å². The molecular weight excluding hydrogens is 292 g/mol. The summed E-state index contributed by atoms with van der Waals surface area (Å²) in [5.41, 5.74) is 4.01. The molecule has 23 heavy (non-hydrogen) atoms. The highest BCUT2D eigenvalue weighted by Gasteiger charge is 2.29. The average Bonchev–Trinajstić information content (AvgIpc) is 2.52. The van der Waals surface area contributed by atoms with Gasteiger partial charge in [0.2, 0.25) is 0 Å². The topological polar surface area (TPSA) is 75.2 Å². The number of hydrogen-bond acceptors (Lipinski definition) is 4. The number of hydrazine groups is 1. The Balaban J connectivity index is 2.24. The fourth-order valence-corrected chi connectivity index (χ4v) is 1.94. The molecule has 2 amide bonds. The Morgan fingerprint density at radius 2 is 1.65 bits per heavy atom. The van der Waals surface area contributed by atoms with Gasteiger partial charge in [0.05, 0.1) is 23.5 Å². The third kappa shape index (κ3) is 4.12. The summed E-state index contributed by atoms with van der Waals surface area (Å²) in [6, 6.07) is 8.72. The third-order valence-electron chi connectivity index (χ3n) is 3.23. The fraction of sp³-hybridized carbons (Fsp3) is 0.294. The maximum Gasteiger partial charge on any atom is 0.274 e. The van der Waals surface area contributed by atoms with Crippen molar-refractivity contribution in [3.8, 4) is 0 Å². The van der Waals surface area contributed by atoms with Crippen LogP contribution in [0.5, 0.6) is 0 Å². The van der Waals surface area contributed by atoms with Gasteiger partial charge in [-0.2, -0.15) is 10.2 Å². The third-order valence-corrected chi connectivity index (χ3v) is 3.23. The van der Waals surface area contributed by atoms with Gasteiger partial charge in [-0.1, -0.05) is 17.7 Å². The maximum atomic E-state index is 12.7. The molecule has 0 saturated heterocycles. The smallest absolute Gasteiger partial charge is 0.267 e. The summed E-state index contributed by atoms with van der Waals surface area (Å²) in [6.07, 6.45) is 2.81. The van der Waals surface area contributed by atoms with Crippen LogP contribution < -0.4 is 5.43 Å². The molecule has 1 aromatic carbocycles. The highest BCUT2D eigenvalue weighted by Crippen LogP contribution is 2.15. The van der Waals surface area contributed by atoms with Crippen molar-refractivity contribution in [2.24, 2.45) is 0 Å². The predicted molar refractivity (Wildman–Crippen MR) is 86.6 cm³/mol. The summed E-state index contributed by atoms with van der Waals surface area (Å²) in [6.45, 7) is 7.47. The lowest BCUT2D eigenvalue weighted by Crippen LogP contribution is -2.55. The van der Waals surface area contributed by atoms with E-state index in [9.17, 15) is 9.59 Å². The van der Waals surface area contributed by atoms with Crippen molar-refractivity contribution >= 4 is 11.8 Å². The first-order valence-electron chi connectivity index (χ1n) is 7.28. The Bertz CT molecular complexity index is 691. The first kappa shape index (κ1) is 16.6. The largest absolute Gasteiger partial charge is 0.274 e. The molecule has 0 radical (unpaired) electrons. The molecule has 0 spiro atoms. The molecule has 1 aromatic heterocycles. The molecule has 2 rings (SSSR count). The van der Waals surface area contributed by atoms with Crippen LogP contribution in [0.1, 0.15) is 47.1 Å². The number of nitrogens with one attached hydrogen (secondary N) is 1. The monoisotopic (exact) mass is 312 g/mol. The van der Waals surface area contributed by atoms with Gasteiger partial charge in [0.1, 0.15) is 0 Å². The van der Waals surface area contributed by atoms with Crippen molar-refractivity contribution in [3.05, 3.63) is 59.4 Å². The van der Waals surface area contributed by atoms with Gasteiger partial charge >= 0.3 is 0 Å². The van der Waals surface area contributed by atoms with Crippen molar-refractivity contribution in [3.63, 3.8) is 0 Å². The van der Waals surface area contributed by atoms with Crippen LogP contribution in [0.15, 0.2) is 42.7 Å². The highest BCUT2D eigenvalue weighted by molar-refractivity contribution is 5.99. The van der Waals surface area contributed by atoms with Crippen LogP contribution >= 0.6 is 0 Å². The number of benzene rings is 1. The van der Waals surface area contributed by atoms with E-state index in [4.69, 9.17) is 0 Å². The molecule has 120 valence electrons. The van der Waals surface area contributed by atoms with Gasteiger partial charge in [0, 0.05) is 5.56 Å². The van der Waals surface area contributed by atoms with Gasteiger partial charge in [-0.05, 0) is 45.9 Å². The molecule has 2 aromatic rings. The SMILES string of the molecule is Cc1ccc(C(=O)NN(C(=O)c2ccnnc2)C(C)(C)C)cc1. The van der Waals surface area contributed by atoms with E-state index in [1.165, 1.54) is 17.4 Å². The first-order chi connectivity index (χ1) is 10.8. The molecule has 0 aliphatic heterocycles. The molecule has 0 atom stereocenters. The zero-order valence-corrected chi connectivity index (χ0v) is 13.7. The quantitative estimate of drug-likeness (QED) is 0.864. The lowest BCUT2D eigenvalue weighted by Gasteiger charge is -2.35. The minimum atomic E-state index is -0.597. The van der Waals surface area contributed by atoms with E-state index in [0.717, 1.165) is 5.56 Å². The molecule has 1 N–H and O–H groups in total. The highest BCUT2D eigenvalue weighted by atomic mass is 16.2. The van der Waals surface area contributed by atoms with Crippen LogP contribution in [-0.2, 0) is 0 Å². The van der Waals surface area contributed by atoms with Crippen molar-refractivity contribution in [2.45, 2.75) is 33.2 Å². The molecule has 1 heterocycles. The zero-order valence-electron chi connectivity index (χ0n) is 13.7. The predicted octanol–water partition coefficient (Wildman–Crippen LogP) is 2.37. The van der Waals surface area contributed by atoms with Gasteiger partial charge in [-0.15, -0.1) is 0 Å². The second-order valence-electron chi connectivity index (χ2n) is 6.25. The molecule has 0 unspecified atom stereocenters. The van der Waals surface area contributed by atoms with Gasteiger partial charge in [-0.25, -0.2) is 5.01 Å². The number of nitrogens with zero attached hydrogens (tertiary/aromatic N) is 3. The summed E-state index contributed by atoms with van der Waals surface area (Å²) in [4.78, 5) is 25.1. The molecule has 0 aliphatic carbocycles. The Morgan fingerprint density at radius 1 is 1.00 bits per heavy atom. The summed E-state index contributed by atoms with van der Waals surface area (Å²) < 4.78 is 0. The number of carbonyl (C=O) groups excluding carboxylic acids is 2. The van der Waals surface area contributed by atoms with Crippen LogP contribution in [0, 0.1) is 6.92 Å². The molecule has 0 fully saturated rings. The number of aryl methyl sites for hydroxylation is 1. The number of amides is 2. The van der Waals surface area contributed by atoms with Crippen LogP contribution in [0.4, 0.5) is 0 Å². The van der Waals surface area contributed by atoms with Gasteiger partial charge < -0.3 is 0 Å². The lowest BCUT2D eigenvalue weighted by molar-refractivity contribution is 0.0358. The Kier molecular flexibility index (Phi) is 4.74. The Hall–Kier alpha value is -2.76. The van der Waals surface area contributed by atoms with Crippen LogP contribution in [0.25, 0.3) is 0 Å². The van der Waals surface area contributed by atoms with Gasteiger partial charge in [-0.3, -0.25) is 15.0 Å². The molecular formula is C17H20N4O2. The summed E-state index contributed by atoms with van der Waals surface area (Å²) in [5.74, 6) is -0.678. The molecule has 0 bridgehead atoms. The lowest BCUT2D eigenvalue weighted by atomic mass is 10.1. The number of aromatic nitrogens is 2. The summed E-state index contributed by atoms with van der Waals surface area (Å²) in [7, 11) is 0. The normalized spacial score (nSPS) is 11.0. The maximum absolute atomic E-state index is 12.7. The van der Waals surface area contributed by atoms with E-state index >= 15 is 0 Å². The summed E-state index contributed by atoms with van der Waals surface area (Å²) >= 11 is 0. The van der Waals surface area contributed by atoms with E-state index in [1.807, 2.05) is 39.8 Å². The van der Waals surface area contributed by atoms with E-state index in [0.29, 0.717) is 11.1 Å². The van der Waals surface area contributed by atoms with E-state index < -0.39 is 5.54 Å². The Labute approximate surface area is 135 Å². The van der Waals surface area contributed by atoms with Gasteiger partial charge in [0.25, 0.3) is 11.8 Å². The minimum Gasteiger partial charge on any atom is -0.267 e. The van der Waals surface area contributed by atoms with Crippen LogP contribution in [-0.4, -0.2) is 32.6 Å². The molecule has 0 aliphatic rings. The number of rotatable bonds is 2. The number of hydrogen-bond donors (Lipinski definition) is 1. The first-order valence-corrected chi connectivity index (χ1v) is 7.28. The Morgan fingerprint density at radius 3 is 2.17 bits per heavy atom. The second-order valence-corrected chi connectivity index (χ2v) is 6.25. The van der Waals surface area contributed by atoms with Crippen molar-refractivity contribution in [2.75, 3.05) is 0 Å². The standard InChI is InChI=1S/C17H20N4O2/c1-12-5-7-13(8-6-12)15(22)20-21(17(2,3)4)16(23)14-9-10-18-19-11-14/h5-11H,1-4H3,(H,20,22). The molecule has 6 heteroatoms.